The number of rotatable bonds is 5. The zero-order valence-corrected chi connectivity index (χ0v) is 19.9. The van der Waals surface area contributed by atoms with Crippen LogP contribution < -0.4 is 15.0 Å². The molecule has 1 fully saturated rings. The SMILES string of the molecule is Cc1ccc(C)c(N2C(=O)NC(=O)/C(=C/c3cccc(OCc4cccc5ccccc45)c3)C2=O)c1. The van der Waals surface area contributed by atoms with Gasteiger partial charge in [-0.2, -0.15) is 0 Å². The zero-order valence-electron chi connectivity index (χ0n) is 19.9. The Labute approximate surface area is 208 Å². The number of nitrogens with zero attached hydrogens (tertiary/aromatic N) is 1. The van der Waals surface area contributed by atoms with Crippen molar-refractivity contribution in [3.63, 3.8) is 0 Å². The topological polar surface area (TPSA) is 75.7 Å². The fourth-order valence-electron chi connectivity index (χ4n) is 4.28. The maximum atomic E-state index is 13.3. The summed E-state index contributed by atoms with van der Waals surface area (Å²) in [6.45, 7) is 4.06. The maximum Gasteiger partial charge on any atom is 0.335 e. The van der Waals surface area contributed by atoms with E-state index in [2.05, 4.69) is 23.5 Å². The molecule has 1 saturated heterocycles. The number of hydrogen-bond acceptors (Lipinski definition) is 4. The Morgan fingerprint density at radius 1 is 0.861 bits per heavy atom. The predicted octanol–water partition coefficient (Wildman–Crippen LogP) is 5.70. The molecular weight excluding hydrogens is 452 g/mol. The first-order valence-electron chi connectivity index (χ1n) is 11.6. The van der Waals surface area contributed by atoms with E-state index in [0.29, 0.717) is 23.6 Å². The van der Waals surface area contributed by atoms with Crippen LogP contribution in [0.1, 0.15) is 22.3 Å². The fourth-order valence-corrected chi connectivity index (χ4v) is 4.28. The molecule has 1 aliphatic heterocycles. The van der Waals surface area contributed by atoms with Gasteiger partial charge in [-0.05, 0) is 71.1 Å². The summed E-state index contributed by atoms with van der Waals surface area (Å²) in [5.74, 6) is -0.795. The molecule has 0 aromatic heterocycles. The van der Waals surface area contributed by atoms with Crippen molar-refractivity contribution in [2.45, 2.75) is 20.5 Å². The fraction of sp³-hybridized carbons (Fsp3) is 0.100. The van der Waals surface area contributed by atoms with E-state index in [4.69, 9.17) is 4.74 Å². The normalized spacial score (nSPS) is 14.9. The maximum absolute atomic E-state index is 13.3. The van der Waals surface area contributed by atoms with E-state index in [1.54, 1.807) is 24.3 Å². The van der Waals surface area contributed by atoms with Crippen LogP contribution in [-0.4, -0.2) is 17.8 Å². The first-order valence-corrected chi connectivity index (χ1v) is 11.6. The summed E-state index contributed by atoms with van der Waals surface area (Å²) in [5.41, 5.74) is 3.64. The molecular formula is C30H24N2O4. The highest BCUT2D eigenvalue weighted by atomic mass is 16.5. The van der Waals surface area contributed by atoms with Crippen molar-refractivity contribution in [3.05, 3.63) is 113 Å². The smallest absolute Gasteiger partial charge is 0.335 e. The Balaban J connectivity index is 1.41. The number of carbonyl (C=O) groups excluding carboxylic acids is 3. The minimum Gasteiger partial charge on any atom is -0.489 e. The molecule has 4 amide bonds. The molecule has 0 spiro atoms. The lowest BCUT2D eigenvalue weighted by atomic mass is 10.0. The molecule has 5 rings (SSSR count). The number of amides is 4. The number of aryl methyl sites for hydroxylation is 2. The van der Waals surface area contributed by atoms with Gasteiger partial charge in [0, 0.05) is 0 Å². The Bertz CT molecular complexity index is 1550. The third kappa shape index (κ3) is 4.49. The van der Waals surface area contributed by atoms with Gasteiger partial charge in [-0.3, -0.25) is 14.9 Å². The van der Waals surface area contributed by atoms with Crippen LogP contribution in [0.4, 0.5) is 10.5 Å². The van der Waals surface area contributed by atoms with Gasteiger partial charge in [-0.15, -0.1) is 0 Å². The minimum atomic E-state index is -0.761. The van der Waals surface area contributed by atoms with Crippen LogP contribution in [0.5, 0.6) is 5.75 Å². The Kier molecular flexibility index (Phi) is 6.09. The van der Waals surface area contributed by atoms with Crippen molar-refractivity contribution in [3.8, 4) is 5.75 Å². The molecule has 6 heteroatoms. The summed E-state index contributed by atoms with van der Waals surface area (Å²) in [6, 6.07) is 26.1. The average molecular weight is 477 g/mol. The number of fused-ring (bicyclic) bond motifs is 1. The van der Waals surface area contributed by atoms with E-state index in [1.165, 1.54) is 6.08 Å². The van der Waals surface area contributed by atoms with Crippen LogP contribution in [0.15, 0.2) is 90.5 Å². The molecule has 178 valence electrons. The van der Waals surface area contributed by atoms with E-state index in [1.807, 2.05) is 56.3 Å². The van der Waals surface area contributed by atoms with Crippen LogP contribution >= 0.6 is 0 Å². The highest BCUT2D eigenvalue weighted by molar-refractivity contribution is 6.39. The zero-order chi connectivity index (χ0) is 25.2. The number of carbonyl (C=O) groups is 3. The molecule has 0 radical (unpaired) electrons. The second kappa shape index (κ2) is 9.50. The van der Waals surface area contributed by atoms with Crippen LogP contribution in [0.2, 0.25) is 0 Å². The van der Waals surface area contributed by atoms with Crippen molar-refractivity contribution in [1.29, 1.82) is 0 Å². The molecule has 0 saturated carbocycles. The molecule has 1 N–H and O–H groups in total. The largest absolute Gasteiger partial charge is 0.489 e. The van der Waals surface area contributed by atoms with E-state index >= 15 is 0 Å². The first-order chi connectivity index (χ1) is 17.4. The van der Waals surface area contributed by atoms with E-state index in [-0.39, 0.29) is 5.57 Å². The Hall–Kier alpha value is -4.71. The van der Waals surface area contributed by atoms with Gasteiger partial charge in [0.05, 0.1) is 5.69 Å². The third-order valence-electron chi connectivity index (χ3n) is 6.15. The van der Waals surface area contributed by atoms with Gasteiger partial charge in [0.25, 0.3) is 11.8 Å². The standard InChI is InChI=1S/C30H24N2O4/c1-19-13-14-20(2)27(15-19)32-29(34)26(28(33)31-30(32)35)17-21-7-5-11-24(16-21)36-18-23-10-6-9-22-8-3-4-12-25(22)23/h3-17H,18H2,1-2H3,(H,31,33,35)/b26-17-. The first kappa shape index (κ1) is 23.1. The van der Waals surface area contributed by atoms with Gasteiger partial charge >= 0.3 is 6.03 Å². The van der Waals surface area contributed by atoms with Gasteiger partial charge < -0.3 is 4.74 Å². The molecule has 0 aliphatic carbocycles. The summed E-state index contributed by atoms with van der Waals surface area (Å²) in [4.78, 5) is 39.4. The highest BCUT2D eigenvalue weighted by Crippen LogP contribution is 2.27. The lowest BCUT2D eigenvalue weighted by molar-refractivity contribution is -0.122. The van der Waals surface area contributed by atoms with Gasteiger partial charge in [0.15, 0.2) is 0 Å². The monoisotopic (exact) mass is 476 g/mol. The van der Waals surface area contributed by atoms with E-state index in [9.17, 15) is 14.4 Å². The van der Waals surface area contributed by atoms with Crippen molar-refractivity contribution < 1.29 is 19.1 Å². The van der Waals surface area contributed by atoms with Gasteiger partial charge in [0.2, 0.25) is 0 Å². The van der Waals surface area contributed by atoms with Crippen LogP contribution in [0, 0.1) is 13.8 Å². The van der Waals surface area contributed by atoms with Crippen molar-refractivity contribution in [1.82, 2.24) is 5.32 Å². The molecule has 36 heavy (non-hydrogen) atoms. The number of benzene rings is 4. The quantitative estimate of drug-likeness (QED) is 0.296. The van der Waals surface area contributed by atoms with Crippen molar-refractivity contribution in [2.75, 3.05) is 4.90 Å². The number of nitrogens with one attached hydrogen (secondary N) is 1. The third-order valence-corrected chi connectivity index (χ3v) is 6.15. The summed E-state index contributed by atoms with van der Waals surface area (Å²) >= 11 is 0. The van der Waals surface area contributed by atoms with E-state index in [0.717, 1.165) is 32.4 Å². The van der Waals surface area contributed by atoms with Gasteiger partial charge in [-0.1, -0.05) is 66.7 Å². The molecule has 0 unspecified atom stereocenters. The number of barbiturate groups is 1. The Morgan fingerprint density at radius 2 is 1.64 bits per heavy atom. The number of imide groups is 2. The van der Waals surface area contributed by atoms with Crippen LogP contribution in [0.25, 0.3) is 16.8 Å². The summed E-state index contributed by atoms with van der Waals surface area (Å²) in [7, 11) is 0. The predicted molar refractivity (Wildman–Crippen MR) is 140 cm³/mol. The molecule has 4 aromatic rings. The van der Waals surface area contributed by atoms with Crippen molar-refractivity contribution >= 4 is 40.4 Å². The lowest BCUT2D eigenvalue weighted by Gasteiger charge is -2.27. The molecule has 4 aromatic carbocycles. The van der Waals surface area contributed by atoms with Gasteiger partial charge in [0.1, 0.15) is 17.9 Å². The lowest BCUT2D eigenvalue weighted by Crippen LogP contribution is -2.54. The van der Waals surface area contributed by atoms with Gasteiger partial charge in [-0.25, -0.2) is 9.69 Å². The molecule has 1 aliphatic rings. The summed E-state index contributed by atoms with van der Waals surface area (Å²) < 4.78 is 6.04. The Morgan fingerprint density at radius 3 is 2.50 bits per heavy atom. The molecule has 6 nitrogen and oxygen atoms in total. The average Bonchev–Trinajstić information content (AvgIpc) is 2.87. The number of urea groups is 1. The molecule has 1 heterocycles. The van der Waals surface area contributed by atoms with E-state index < -0.39 is 17.8 Å². The number of hydrogen-bond donors (Lipinski definition) is 1. The summed E-state index contributed by atoms with van der Waals surface area (Å²) in [5, 5.41) is 4.55. The number of ether oxygens (including phenoxy) is 1. The summed E-state index contributed by atoms with van der Waals surface area (Å²) in [6.07, 6.45) is 1.48. The minimum absolute atomic E-state index is 0.123. The number of anilines is 1. The second-order valence-corrected chi connectivity index (χ2v) is 8.75. The molecule has 0 atom stereocenters. The highest BCUT2D eigenvalue weighted by Gasteiger charge is 2.37. The molecule has 0 bridgehead atoms. The van der Waals surface area contributed by atoms with Crippen LogP contribution in [-0.2, 0) is 16.2 Å². The van der Waals surface area contributed by atoms with Crippen molar-refractivity contribution in [2.24, 2.45) is 0 Å². The second-order valence-electron chi connectivity index (χ2n) is 8.75. The van der Waals surface area contributed by atoms with Crippen LogP contribution in [0.3, 0.4) is 0 Å².